The number of rotatable bonds is 7. The smallest absolute Gasteiger partial charge is 0.323 e. The molecule has 3 amide bonds. The zero-order chi connectivity index (χ0) is 15.2. The van der Waals surface area contributed by atoms with E-state index in [0.717, 1.165) is 0 Å². The number of carbonyl (C=O) groups excluding carboxylic acids is 2. The van der Waals surface area contributed by atoms with Crippen molar-refractivity contribution < 1.29 is 29.4 Å². The molecule has 0 saturated carbocycles. The summed E-state index contributed by atoms with van der Waals surface area (Å²) in [5, 5.41) is 19.5. The van der Waals surface area contributed by atoms with Gasteiger partial charge in [0.15, 0.2) is 0 Å². The molecule has 0 rings (SSSR count). The van der Waals surface area contributed by atoms with Crippen LogP contribution in [0.3, 0.4) is 0 Å². The number of amides is 3. The van der Waals surface area contributed by atoms with Crippen LogP contribution >= 0.6 is 0 Å². The van der Waals surface area contributed by atoms with Crippen molar-refractivity contribution in [1.82, 2.24) is 10.2 Å². The van der Waals surface area contributed by atoms with E-state index < -0.39 is 43.0 Å². The second-order valence-electron chi connectivity index (χ2n) is 4.21. The van der Waals surface area contributed by atoms with Crippen molar-refractivity contribution in [3.63, 3.8) is 0 Å². The van der Waals surface area contributed by atoms with Gasteiger partial charge < -0.3 is 26.2 Å². The minimum atomic E-state index is -1.35. The van der Waals surface area contributed by atoms with Crippen LogP contribution < -0.4 is 11.1 Å². The van der Waals surface area contributed by atoms with Crippen LogP contribution in [-0.4, -0.2) is 58.1 Å². The molecule has 9 nitrogen and oxygen atoms in total. The van der Waals surface area contributed by atoms with Gasteiger partial charge in [-0.2, -0.15) is 0 Å². The van der Waals surface area contributed by atoms with Gasteiger partial charge in [-0.1, -0.05) is 13.8 Å². The van der Waals surface area contributed by atoms with Crippen molar-refractivity contribution in [3.05, 3.63) is 0 Å². The summed E-state index contributed by atoms with van der Waals surface area (Å²) in [5.74, 6) is -3.88. The molecule has 0 heterocycles. The van der Waals surface area contributed by atoms with E-state index in [4.69, 9.17) is 15.9 Å². The SMILES string of the molecule is CC(C)C(NC(N)=O)C(=O)N(CC(=O)O)CC(=O)O. The molecule has 1 atom stereocenters. The van der Waals surface area contributed by atoms with Crippen molar-refractivity contribution in [3.8, 4) is 0 Å². The molecule has 0 aliphatic rings. The standard InChI is InChI=1S/C10H17N3O6/c1-5(2)8(12-10(11)19)9(18)13(3-6(14)15)4-7(16)17/h5,8H,3-4H2,1-2H3,(H,14,15)(H,16,17)(H3,11,12,19). The third-order valence-corrected chi connectivity index (χ3v) is 2.19. The number of nitrogens with zero attached hydrogens (tertiary/aromatic N) is 1. The lowest BCUT2D eigenvalue weighted by molar-refractivity contribution is -0.150. The summed E-state index contributed by atoms with van der Waals surface area (Å²) in [4.78, 5) is 44.7. The Morgan fingerprint density at radius 2 is 1.53 bits per heavy atom. The van der Waals surface area contributed by atoms with Crippen LogP contribution in [-0.2, 0) is 14.4 Å². The molecular weight excluding hydrogens is 258 g/mol. The van der Waals surface area contributed by atoms with Crippen LogP contribution in [0.5, 0.6) is 0 Å². The van der Waals surface area contributed by atoms with Gasteiger partial charge in [0.25, 0.3) is 0 Å². The van der Waals surface area contributed by atoms with Crippen molar-refractivity contribution in [2.24, 2.45) is 11.7 Å². The Bertz CT molecular complexity index is 365. The molecule has 0 aromatic heterocycles. The summed E-state index contributed by atoms with van der Waals surface area (Å²) in [5.41, 5.74) is 4.92. The second-order valence-corrected chi connectivity index (χ2v) is 4.21. The van der Waals surface area contributed by atoms with Crippen molar-refractivity contribution >= 4 is 23.9 Å². The number of urea groups is 1. The number of hydrogen-bond acceptors (Lipinski definition) is 4. The van der Waals surface area contributed by atoms with Crippen LogP contribution in [0.4, 0.5) is 4.79 Å². The van der Waals surface area contributed by atoms with E-state index in [0.29, 0.717) is 4.90 Å². The predicted molar refractivity (Wildman–Crippen MR) is 63.2 cm³/mol. The molecular formula is C10H17N3O6. The maximum absolute atomic E-state index is 12.0. The number of carboxylic acid groups (broad SMARTS) is 2. The fraction of sp³-hybridized carbons (Fsp3) is 0.600. The Morgan fingerprint density at radius 1 is 1.11 bits per heavy atom. The van der Waals surface area contributed by atoms with E-state index in [-0.39, 0.29) is 5.92 Å². The first-order valence-electron chi connectivity index (χ1n) is 5.43. The molecule has 0 bridgehead atoms. The molecule has 0 radical (unpaired) electrons. The van der Waals surface area contributed by atoms with Gasteiger partial charge in [0.2, 0.25) is 5.91 Å². The number of nitrogens with one attached hydrogen (secondary N) is 1. The van der Waals surface area contributed by atoms with Gasteiger partial charge in [-0.25, -0.2) is 4.79 Å². The Hall–Kier alpha value is -2.32. The van der Waals surface area contributed by atoms with Gasteiger partial charge in [0, 0.05) is 0 Å². The summed E-state index contributed by atoms with van der Waals surface area (Å²) in [7, 11) is 0. The fourth-order valence-electron chi connectivity index (χ4n) is 1.40. The number of nitrogens with two attached hydrogens (primary N) is 1. The number of aliphatic carboxylic acids is 2. The summed E-state index contributed by atoms with van der Waals surface area (Å²) in [6, 6.07) is -2.02. The van der Waals surface area contributed by atoms with E-state index >= 15 is 0 Å². The van der Waals surface area contributed by atoms with Crippen LogP contribution in [0.1, 0.15) is 13.8 Å². The molecule has 0 aromatic carbocycles. The molecule has 0 spiro atoms. The lowest BCUT2D eigenvalue weighted by Gasteiger charge is -2.27. The fourth-order valence-corrected chi connectivity index (χ4v) is 1.40. The molecule has 0 saturated heterocycles. The number of primary amides is 1. The summed E-state index contributed by atoms with van der Waals surface area (Å²) in [6.07, 6.45) is 0. The normalized spacial score (nSPS) is 11.7. The highest BCUT2D eigenvalue weighted by molar-refractivity contribution is 5.91. The van der Waals surface area contributed by atoms with Gasteiger partial charge in [0.05, 0.1) is 0 Å². The first-order valence-corrected chi connectivity index (χ1v) is 5.43. The van der Waals surface area contributed by atoms with E-state index in [1.54, 1.807) is 13.8 Å². The second kappa shape index (κ2) is 7.19. The van der Waals surface area contributed by atoms with Gasteiger partial charge in [-0.15, -0.1) is 0 Å². The number of carbonyl (C=O) groups is 4. The molecule has 0 aliphatic carbocycles. The van der Waals surface area contributed by atoms with Crippen molar-refractivity contribution in [2.45, 2.75) is 19.9 Å². The van der Waals surface area contributed by atoms with Crippen LogP contribution in [0.25, 0.3) is 0 Å². The zero-order valence-corrected chi connectivity index (χ0v) is 10.6. The van der Waals surface area contributed by atoms with Gasteiger partial charge >= 0.3 is 18.0 Å². The Morgan fingerprint density at radius 3 is 1.79 bits per heavy atom. The topological polar surface area (TPSA) is 150 Å². The van der Waals surface area contributed by atoms with E-state index in [9.17, 15) is 19.2 Å². The zero-order valence-electron chi connectivity index (χ0n) is 10.6. The molecule has 1 unspecified atom stereocenters. The Kier molecular flexibility index (Phi) is 6.31. The highest BCUT2D eigenvalue weighted by atomic mass is 16.4. The van der Waals surface area contributed by atoms with Gasteiger partial charge in [-0.3, -0.25) is 14.4 Å². The maximum Gasteiger partial charge on any atom is 0.323 e. The van der Waals surface area contributed by atoms with Gasteiger partial charge in [-0.05, 0) is 5.92 Å². The van der Waals surface area contributed by atoms with E-state index in [2.05, 4.69) is 5.32 Å². The van der Waals surface area contributed by atoms with Crippen LogP contribution in [0, 0.1) is 5.92 Å². The minimum absolute atomic E-state index is 0.370. The highest BCUT2D eigenvalue weighted by Crippen LogP contribution is 2.06. The molecule has 0 fully saturated rings. The summed E-state index contributed by atoms with van der Waals surface area (Å²) < 4.78 is 0. The Labute approximate surface area is 109 Å². The number of hydrogen-bond donors (Lipinski definition) is 4. The quantitative estimate of drug-likeness (QED) is 0.452. The highest BCUT2D eigenvalue weighted by Gasteiger charge is 2.30. The van der Waals surface area contributed by atoms with Crippen LogP contribution in [0.2, 0.25) is 0 Å². The lowest BCUT2D eigenvalue weighted by atomic mass is 10.0. The van der Waals surface area contributed by atoms with Crippen molar-refractivity contribution in [1.29, 1.82) is 0 Å². The summed E-state index contributed by atoms with van der Waals surface area (Å²) >= 11 is 0. The molecule has 5 N–H and O–H groups in total. The maximum atomic E-state index is 12.0. The summed E-state index contributed by atoms with van der Waals surface area (Å²) in [6.45, 7) is 1.68. The molecule has 19 heavy (non-hydrogen) atoms. The largest absolute Gasteiger partial charge is 0.480 e. The third-order valence-electron chi connectivity index (χ3n) is 2.19. The molecule has 0 aromatic rings. The van der Waals surface area contributed by atoms with E-state index in [1.807, 2.05) is 0 Å². The van der Waals surface area contributed by atoms with Crippen LogP contribution in [0.15, 0.2) is 0 Å². The molecule has 0 aliphatic heterocycles. The average Bonchev–Trinajstić information content (AvgIpc) is 2.22. The monoisotopic (exact) mass is 275 g/mol. The Balaban J connectivity index is 5.04. The van der Waals surface area contributed by atoms with E-state index in [1.165, 1.54) is 0 Å². The van der Waals surface area contributed by atoms with Gasteiger partial charge in [0.1, 0.15) is 19.1 Å². The molecule has 108 valence electrons. The van der Waals surface area contributed by atoms with Crippen molar-refractivity contribution in [2.75, 3.05) is 13.1 Å². The predicted octanol–water partition coefficient (Wildman–Crippen LogP) is -1.32. The number of carboxylic acids is 2. The first-order chi connectivity index (χ1) is 8.65. The third kappa shape index (κ3) is 6.24. The first kappa shape index (κ1) is 16.7. The molecule has 9 heteroatoms. The average molecular weight is 275 g/mol. The lowest BCUT2D eigenvalue weighted by Crippen LogP contribution is -2.54. The minimum Gasteiger partial charge on any atom is -0.480 e.